The van der Waals surface area contributed by atoms with E-state index in [1.807, 2.05) is 0 Å². The molecule has 0 aliphatic heterocycles. The Hall–Kier alpha value is -2.62. The van der Waals surface area contributed by atoms with Crippen molar-refractivity contribution in [1.82, 2.24) is 9.97 Å². The van der Waals surface area contributed by atoms with Crippen LogP contribution >= 0.6 is 0 Å². The Bertz CT molecular complexity index is 1040. The summed E-state index contributed by atoms with van der Waals surface area (Å²) in [4.78, 5) is 9.51. The van der Waals surface area contributed by atoms with Crippen molar-refractivity contribution in [3.05, 3.63) is 56.3 Å². The standard InChI is InChI=1S/C23H26N2O2/c1-10-12(3)16(7)22-20(14(10)5)24-18(26-22)9-19-25-21-15(6)11(2)13(4)17(8)23(21)27-19/h9H2,1-8H3. The predicted octanol–water partition coefficient (Wildman–Crippen LogP) is 6.03. The molecule has 0 spiro atoms. The molecule has 0 unspecified atom stereocenters. The van der Waals surface area contributed by atoms with Crippen LogP contribution in [0.4, 0.5) is 0 Å². The van der Waals surface area contributed by atoms with Crippen LogP contribution in [0.15, 0.2) is 8.83 Å². The summed E-state index contributed by atoms with van der Waals surface area (Å²) in [6.45, 7) is 17.0. The highest BCUT2D eigenvalue weighted by Gasteiger charge is 2.19. The van der Waals surface area contributed by atoms with Gasteiger partial charge in [0.2, 0.25) is 11.8 Å². The summed E-state index contributed by atoms with van der Waals surface area (Å²) in [6, 6.07) is 0. The second kappa shape index (κ2) is 5.95. The Morgan fingerprint density at radius 2 is 0.815 bits per heavy atom. The van der Waals surface area contributed by atoms with Gasteiger partial charge in [-0.25, -0.2) is 9.97 Å². The molecular weight excluding hydrogens is 336 g/mol. The summed E-state index contributed by atoms with van der Waals surface area (Å²) in [5.41, 5.74) is 13.4. The number of aryl methyl sites for hydroxylation is 4. The Morgan fingerprint density at radius 3 is 1.19 bits per heavy atom. The van der Waals surface area contributed by atoms with E-state index >= 15 is 0 Å². The normalized spacial score (nSPS) is 11.9. The lowest BCUT2D eigenvalue weighted by atomic mass is 9.98. The van der Waals surface area contributed by atoms with E-state index in [0.29, 0.717) is 18.2 Å². The van der Waals surface area contributed by atoms with Gasteiger partial charge < -0.3 is 8.83 Å². The van der Waals surface area contributed by atoms with E-state index in [-0.39, 0.29) is 0 Å². The van der Waals surface area contributed by atoms with Crippen molar-refractivity contribution in [1.29, 1.82) is 0 Å². The summed E-state index contributed by atoms with van der Waals surface area (Å²) >= 11 is 0. The first-order valence-electron chi connectivity index (χ1n) is 9.42. The van der Waals surface area contributed by atoms with E-state index < -0.39 is 0 Å². The van der Waals surface area contributed by atoms with E-state index in [9.17, 15) is 0 Å². The fourth-order valence-electron chi connectivity index (χ4n) is 3.85. The van der Waals surface area contributed by atoms with Crippen LogP contribution < -0.4 is 0 Å². The lowest BCUT2D eigenvalue weighted by Gasteiger charge is -2.08. The topological polar surface area (TPSA) is 52.1 Å². The molecule has 0 radical (unpaired) electrons. The molecule has 4 aromatic rings. The molecule has 0 aliphatic rings. The summed E-state index contributed by atoms with van der Waals surface area (Å²) in [7, 11) is 0. The molecule has 4 rings (SSSR count). The molecule has 140 valence electrons. The fourth-order valence-corrected chi connectivity index (χ4v) is 3.85. The monoisotopic (exact) mass is 362 g/mol. The first-order chi connectivity index (χ1) is 12.7. The molecule has 0 atom stereocenters. The fraction of sp³-hybridized carbons (Fsp3) is 0.391. The zero-order chi connectivity index (χ0) is 19.6. The highest BCUT2D eigenvalue weighted by atomic mass is 16.4. The molecule has 0 saturated carbocycles. The lowest BCUT2D eigenvalue weighted by Crippen LogP contribution is -1.92. The smallest absolute Gasteiger partial charge is 0.204 e. The highest BCUT2D eigenvalue weighted by Crippen LogP contribution is 2.32. The molecule has 2 heterocycles. The third kappa shape index (κ3) is 2.50. The van der Waals surface area contributed by atoms with Crippen LogP contribution in [0.5, 0.6) is 0 Å². The van der Waals surface area contributed by atoms with Crippen LogP contribution in [-0.4, -0.2) is 9.97 Å². The molecule has 4 heteroatoms. The Morgan fingerprint density at radius 1 is 0.481 bits per heavy atom. The first-order valence-corrected chi connectivity index (χ1v) is 9.42. The summed E-state index contributed by atoms with van der Waals surface area (Å²) in [5.74, 6) is 1.30. The van der Waals surface area contributed by atoms with Crippen molar-refractivity contribution in [2.45, 2.75) is 61.8 Å². The number of aromatic nitrogens is 2. The zero-order valence-corrected chi connectivity index (χ0v) is 17.4. The molecule has 0 aliphatic carbocycles. The number of hydrogen-bond acceptors (Lipinski definition) is 4. The van der Waals surface area contributed by atoms with Gasteiger partial charge in [0.05, 0.1) is 0 Å². The third-order valence-corrected chi connectivity index (χ3v) is 6.41. The van der Waals surface area contributed by atoms with Gasteiger partial charge >= 0.3 is 0 Å². The summed E-state index contributed by atoms with van der Waals surface area (Å²) in [5, 5.41) is 0. The average molecular weight is 362 g/mol. The average Bonchev–Trinajstić information content (AvgIpc) is 3.26. The van der Waals surface area contributed by atoms with E-state index in [2.05, 4.69) is 55.4 Å². The van der Waals surface area contributed by atoms with Crippen LogP contribution in [0.25, 0.3) is 22.2 Å². The van der Waals surface area contributed by atoms with Gasteiger partial charge in [0, 0.05) is 0 Å². The number of oxazole rings is 2. The number of benzene rings is 2. The van der Waals surface area contributed by atoms with Crippen molar-refractivity contribution in [3.63, 3.8) is 0 Å². The zero-order valence-electron chi connectivity index (χ0n) is 17.4. The SMILES string of the molecule is Cc1c(C)c(C)c2oc(Cc3nc4c(C)c(C)c(C)c(C)c4o3)nc2c1C. The predicted molar refractivity (Wildman–Crippen MR) is 109 cm³/mol. The first kappa shape index (κ1) is 17.8. The number of nitrogens with zero attached hydrogens (tertiary/aromatic N) is 2. The van der Waals surface area contributed by atoms with Gasteiger partial charge in [-0.3, -0.25) is 0 Å². The van der Waals surface area contributed by atoms with Crippen molar-refractivity contribution in [2.75, 3.05) is 0 Å². The molecule has 0 saturated heterocycles. The maximum Gasteiger partial charge on any atom is 0.204 e. The molecule has 27 heavy (non-hydrogen) atoms. The van der Waals surface area contributed by atoms with E-state index in [0.717, 1.165) is 33.3 Å². The molecule has 0 bridgehead atoms. The Labute approximate surface area is 159 Å². The molecule has 2 aromatic heterocycles. The molecule has 0 N–H and O–H groups in total. The Kier molecular flexibility index (Phi) is 3.91. The molecular formula is C23H26N2O2. The molecule has 4 nitrogen and oxygen atoms in total. The van der Waals surface area contributed by atoms with Crippen LogP contribution in [0.3, 0.4) is 0 Å². The minimum absolute atomic E-state index is 0.456. The second-order valence-corrected chi connectivity index (χ2v) is 7.75. The third-order valence-electron chi connectivity index (χ3n) is 6.41. The van der Waals surface area contributed by atoms with Crippen LogP contribution in [0.2, 0.25) is 0 Å². The van der Waals surface area contributed by atoms with Crippen molar-refractivity contribution in [3.8, 4) is 0 Å². The van der Waals surface area contributed by atoms with Gasteiger partial charge in [-0.1, -0.05) is 0 Å². The quantitative estimate of drug-likeness (QED) is 0.437. The summed E-state index contributed by atoms with van der Waals surface area (Å²) in [6.07, 6.45) is 0.456. The highest BCUT2D eigenvalue weighted by molar-refractivity contribution is 5.83. The number of rotatable bonds is 2. The molecule has 0 amide bonds. The molecule has 2 aromatic carbocycles. The van der Waals surface area contributed by atoms with Crippen LogP contribution in [0.1, 0.15) is 56.3 Å². The maximum atomic E-state index is 6.11. The van der Waals surface area contributed by atoms with Crippen molar-refractivity contribution >= 4 is 22.2 Å². The van der Waals surface area contributed by atoms with Gasteiger partial charge in [0.15, 0.2) is 11.2 Å². The van der Waals surface area contributed by atoms with Gasteiger partial charge in [-0.2, -0.15) is 0 Å². The van der Waals surface area contributed by atoms with Gasteiger partial charge in [-0.05, 0) is 99.9 Å². The lowest BCUT2D eigenvalue weighted by molar-refractivity contribution is 0.487. The van der Waals surface area contributed by atoms with E-state index in [4.69, 9.17) is 18.8 Å². The Balaban J connectivity index is 1.83. The van der Waals surface area contributed by atoms with Crippen LogP contribution in [-0.2, 0) is 6.42 Å². The van der Waals surface area contributed by atoms with Gasteiger partial charge in [0.25, 0.3) is 0 Å². The van der Waals surface area contributed by atoms with Crippen molar-refractivity contribution < 1.29 is 8.83 Å². The maximum absolute atomic E-state index is 6.11. The van der Waals surface area contributed by atoms with E-state index in [1.54, 1.807) is 0 Å². The van der Waals surface area contributed by atoms with Crippen molar-refractivity contribution in [2.24, 2.45) is 0 Å². The number of hydrogen-bond donors (Lipinski definition) is 0. The molecule has 0 fully saturated rings. The second-order valence-electron chi connectivity index (χ2n) is 7.75. The van der Waals surface area contributed by atoms with Gasteiger partial charge in [0.1, 0.15) is 17.5 Å². The largest absolute Gasteiger partial charge is 0.440 e. The minimum atomic E-state index is 0.456. The summed E-state index contributed by atoms with van der Waals surface area (Å²) < 4.78 is 12.2. The van der Waals surface area contributed by atoms with Crippen LogP contribution in [0, 0.1) is 55.4 Å². The number of fused-ring (bicyclic) bond motifs is 2. The minimum Gasteiger partial charge on any atom is -0.440 e. The van der Waals surface area contributed by atoms with E-state index in [1.165, 1.54) is 33.4 Å². The van der Waals surface area contributed by atoms with Gasteiger partial charge in [-0.15, -0.1) is 0 Å².